The number of aldehydes is 1. The van der Waals surface area contributed by atoms with Crippen molar-refractivity contribution in [1.29, 1.82) is 0 Å². The van der Waals surface area contributed by atoms with E-state index in [1.54, 1.807) is 20.8 Å². The molecule has 0 radical (unpaired) electrons. The zero-order valence-electron chi connectivity index (χ0n) is 16.4. The summed E-state index contributed by atoms with van der Waals surface area (Å²) >= 11 is 0. The lowest BCUT2D eigenvalue weighted by atomic mass is 9.95. The molecule has 0 unspecified atom stereocenters. The van der Waals surface area contributed by atoms with E-state index in [1.807, 2.05) is 0 Å². The summed E-state index contributed by atoms with van der Waals surface area (Å²) in [6.45, 7) is 7.00. The van der Waals surface area contributed by atoms with Crippen LogP contribution in [0.2, 0.25) is 0 Å². The number of aromatic nitrogens is 2. The minimum absolute atomic E-state index is 0.0196. The van der Waals surface area contributed by atoms with Crippen LogP contribution in [-0.4, -0.2) is 52.5 Å². The Balaban J connectivity index is 2.30. The Labute approximate surface area is 162 Å². The van der Waals surface area contributed by atoms with Crippen molar-refractivity contribution in [2.24, 2.45) is 11.8 Å². The highest BCUT2D eigenvalue weighted by Crippen LogP contribution is 2.51. The lowest BCUT2D eigenvalue weighted by Crippen LogP contribution is -2.36. The van der Waals surface area contributed by atoms with Gasteiger partial charge in [0.15, 0.2) is 6.23 Å². The van der Waals surface area contributed by atoms with Gasteiger partial charge in [-0.2, -0.15) is 0 Å². The number of hydrogen-bond donors (Lipinski definition) is 2. The summed E-state index contributed by atoms with van der Waals surface area (Å²) in [6, 6.07) is 0. The average Bonchev–Trinajstić information content (AvgIpc) is 2.94. The fourth-order valence-corrected chi connectivity index (χ4v) is 5.34. The van der Waals surface area contributed by atoms with Gasteiger partial charge in [0.1, 0.15) is 6.29 Å². The normalized spacial score (nSPS) is 26.3. The molecule has 11 heteroatoms. The van der Waals surface area contributed by atoms with E-state index in [-0.39, 0.29) is 24.9 Å². The van der Waals surface area contributed by atoms with Crippen molar-refractivity contribution >= 4 is 13.9 Å². The first-order valence-corrected chi connectivity index (χ1v) is 10.9. The number of nitrogens with zero attached hydrogens (tertiary/aromatic N) is 1. The van der Waals surface area contributed by atoms with Crippen molar-refractivity contribution < 1.29 is 28.3 Å². The van der Waals surface area contributed by atoms with Gasteiger partial charge in [-0.3, -0.25) is 18.9 Å². The van der Waals surface area contributed by atoms with Crippen molar-refractivity contribution in [3.8, 4) is 0 Å². The van der Waals surface area contributed by atoms with Gasteiger partial charge in [0.05, 0.1) is 37.5 Å². The van der Waals surface area contributed by atoms with Gasteiger partial charge < -0.3 is 23.7 Å². The molecule has 0 aliphatic carbocycles. The number of aryl methyl sites for hydroxylation is 1. The molecular weight excluding hydrogens is 391 g/mol. The predicted octanol–water partition coefficient (Wildman–Crippen LogP) is 0.821. The molecule has 10 nitrogen and oxygen atoms in total. The summed E-state index contributed by atoms with van der Waals surface area (Å²) in [6.07, 6.45) is -1.43. The monoisotopic (exact) mass is 418 g/mol. The number of ether oxygens (including phenoxy) is 1. The number of hydrogen-bond acceptors (Lipinski definition) is 8. The number of aliphatic hydroxyl groups excluding tert-OH is 1. The maximum atomic E-state index is 12.8. The Morgan fingerprint density at radius 3 is 2.50 bits per heavy atom. The fraction of sp³-hybridized carbons (Fsp3) is 0.706. The van der Waals surface area contributed by atoms with E-state index in [2.05, 4.69) is 4.98 Å². The molecule has 1 aliphatic rings. The highest BCUT2D eigenvalue weighted by Gasteiger charge is 2.48. The van der Waals surface area contributed by atoms with Gasteiger partial charge >= 0.3 is 13.3 Å². The molecule has 0 saturated carbocycles. The van der Waals surface area contributed by atoms with Gasteiger partial charge in [-0.1, -0.05) is 6.92 Å². The number of nitrogens with one attached hydrogen (secondary N) is 1. The summed E-state index contributed by atoms with van der Waals surface area (Å²) in [4.78, 5) is 37.5. The fourth-order valence-electron chi connectivity index (χ4n) is 3.36. The Morgan fingerprint density at radius 1 is 1.36 bits per heavy atom. The molecular formula is C17H27N2O8P. The first kappa shape index (κ1) is 22.7. The molecule has 158 valence electrons. The van der Waals surface area contributed by atoms with Gasteiger partial charge in [0, 0.05) is 11.8 Å². The molecule has 1 fully saturated rings. The van der Waals surface area contributed by atoms with Crippen molar-refractivity contribution in [2.75, 3.05) is 19.4 Å². The van der Waals surface area contributed by atoms with Crippen LogP contribution in [0, 0.1) is 18.8 Å². The lowest BCUT2D eigenvalue weighted by molar-refractivity contribution is -0.116. The highest BCUT2D eigenvalue weighted by molar-refractivity contribution is 7.53. The quantitative estimate of drug-likeness (QED) is 0.444. The molecule has 1 aromatic rings. The maximum Gasteiger partial charge on any atom is 0.331 e. The van der Waals surface area contributed by atoms with E-state index in [9.17, 15) is 24.1 Å². The van der Waals surface area contributed by atoms with Crippen LogP contribution in [0.15, 0.2) is 15.8 Å². The van der Waals surface area contributed by atoms with E-state index >= 15 is 0 Å². The van der Waals surface area contributed by atoms with Crippen molar-refractivity contribution in [1.82, 2.24) is 9.55 Å². The third-order valence-electron chi connectivity index (χ3n) is 4.66. The van der Waals surface area contributed by atoms with E-state index < -0.39 is 49.1 Å². The summed E-state index contributed by atoms with van der Waals surface area (Å²) in [5.74, 6) is -1.53. The average molecular weight is 418 g/mol. The number of H-pyrrole nitrogens is 1. The number of carbonyl (C=O) groups is 1. The molecule has 1 aliphatic heterocycles. The lowest BCUT2D eigenvalue weighted by Gasteiger charge is -2.26. The summed E-state index contributed by atoms with van der Waals surface area (Å²) in [5.41, 5.74) is -1.03. The summed E-state index contributed by atoms with van der Waals surface area (Å²) in [7, 11) is -3.39. The molecule has 2 heterocycles. The standard InChI is InChI=1S/C17H27N2O8P/c1-5-25-28(24,26-6-2)9-11(4)14-13(21)12(8-20)16(27-14)19-7-10(3)15(22)18-17(19)23/h7-8,11-14,16,21H,5-6,9H2,1-4H3,(H,18,22,23)/t11-,12-,13+,14-,16-/m1/s1. The molecule has 28 heavy (non-hydrogen) atoms. The van der Waals surface area contributed by atoms with E-state index in [0.29, 0.717) is 6.29 Å². The van der Waals surface area contributed by atoms with Gasteiger partial charge in [0.2, 0.25) is 0 Å². The molecule has 1 saturated heterocycles. The molecule has 1 aromatic heterocycles. The van der Waals surface area contributed by atoms with E-state index in [1.165, 1.54) is 13.1 Å². The number of aliphatic hydroxyl groups is 1. The molecule has 0 amide bonds. The van der Waals surface area contributed by atoms with Crippen molar-refractivity contribution in [3.05, 3.63) is 32.6 Å². The van der Waals surface area contributed by atoms with Crippen LogP contribution in [0.3, 0.4) is 0 Å². The molecule has 5 atom stereocenters. The molecule has 0 aromatic carbocycles. The molecule has 0 bridgehead atoms. The van der Waals surface area contributed by atoms with Gasteiger partial charge in [-0.25, -0.2) is 4.79 Å². The van der Waals surface area contributed by atoms with Crippen LogP contribution in [0.1, 0.15) is 32.6 Å². The van der Waals surface area contributed by atoms with Crippen LogP contribution < -0.4 is 11.2 Å². The van der Waals surface area contributed by atoms with E-state index in [0.717, 1.165) is 4.57 Å². The number of aromatic amines is 1. The number of rotatable bonds is 9. The van der Waals surface area contributed by atoms with E-state index in [4.69, 9.17) is 13.8 Å². The molecule has 2 N–H and O–H groups in total. The maximum absolute atomic E-state index is 12.8. The van der Waals surface area contributed by atoms with Crippen molar-refractivity contribution in [3.63, 3.8) is 0 Å². The third kappa shape index (κ3) is 4.69. The van der Waals surface area contributed by atoms with Crippen LogP contribution >= 0.6 is 7.60 Å². The zero-order valence-corrected chi connectivity index (χ0v) is 17.3. The van der Waals surface area contributed by atoms with Gasteiger partial charge in [0.25, 0.3) is 5.56 Å². The SMILES string of the molecule is CCOP(=O)(C[C@@H](C)[C@H]1O[C@@H](n2cc(C)c(=O)[nH]c2=O)[C@H](C=O)[C@@H]1O)OCC. The molecule has 2 rings (SSSR count). The molecule has 0 spiro atoms. The van der Waals surface area contributed by atoms with Crippen molar-refractivity contribution in [2.45, 2.75) is 46.1 Å². The van der Waals surface area contributed by atoms with Gasteiger partial charge in [-0.15, -0.1) is 0 Å². The Bertz CT molecular complexity index is 840. The third-order valence-corrected chi connectivity index (χ3v) is 6.98. The summed E-state index contributed by atoms with van der Waals surface area (Å²) < 4.78 is 30.2. The van der Waals surface area contributed by atoms with Crippen LogP contribution in [0.4, 0.5) is 0 Å². The minimum Gasteiger partial charge on any atom is -0.389 e. The second kappa shape index (κ2) is 9.28. The smallest absolute Gasteiger partial charge is 0.331 e. The second-order valence-electron chi connectivity index (χ2n) is 6.78. The van der Waals surface area contributed by atoms with Crippen LogP contribution in [0.25, 0.3) is 0 Å². The summed E-state index contributed by atoms with van der Waals surface area (Å²) in [5, 5.41) is 10.6. The zero-order chi connectivity index (χ0) is 21.1. The van der Waals surface area contributed by atoms with Gasteiger partial charge in [-0.05, 0) is 26.7 Å². The first-order valence-electron chi connectivity index (χ1n) is 9.16. The number of carbonyl (C=O) groups excluding carboxylic acids is 1. The Hall–Kier alpha value is -1.58. The second-order valence-corrected chi connectivity index (χ2v) is 8.88. The highest BCUT2D eigenvalue weighted by atomic mass is 31.2. The minimum atomic E-state index is -3.39. The first-order chi connectivity index (χ1) is 13.2. The van der Waals surface area contributed by atoms with Crippen LogP contribution in [0.5, 0.6) is 0 Å². The topological polar surface area (TPSA) is 137 Å². The Kier molecular flexibility index (Phi) is 7.52. The van der Waals surface area contributed by atoms with Crippen LogP contribution in [-0.2, 0) is 23.1 Å². The predicted molar refractivity (Wildman–Crippen MR) is 100 cm³/mol. The Morgan fingerprint density at radius 2 is 1.96 bits per heavy atom. The largest absolute Gasteiger partial charge is 0.389 e.